The van der Waals surface area contributed by atoms with Crippen molar-refractivity contribution in [2.45, 2.75) is 17.0 Å². The van der Waals surface area contributed by atoms with Crippen LogP contribution < -0.4 is 0 Å². The van der Waals surface area contributed by atoms with Gasteiger partial charge in [0.15, 0.2) is 23.0 Å². The molecule has 0 aromatic heterocycles. The number of hydrogen-bond donors (Lipinski definition) is 0. The number of carbonyl (C=O) groups is 2. The number of hydrogen-bond acceptors (Lipinski definition) is 4. The Morgan fingerprint density at radius 1 is 1.23 bits per heavy atom. The van der Waals surface area contributed by atoms with E-state index in [0.717, 1.165) is 0 Å². The summed E-state index contributed by atoms with van der Waals surface area (Å²) in [6.45, 7) is 0. The van der Waals surface area contributed by atoms with Gasteiger partial charge in [-0.05, 0) is 0 Å². The van der Waals surface area contributed by atoms with Crippen LogP contribution in [0, 0.1) is 0 Å². The second-order valence-corrected chi connectivity index (χ2v) is 3.57. The zero-order valence-electron chi connectivity index (χ0n) is 6.06. The number of alkyl halides is 3. The van der Waals surface area contributed by atoms with Gasteiger partial charge in [-0.3, -0.25) is 9.59 Å². The lowest BCUT2D eigenvalue weighted by molar-refractivity contribution is -0.182. The molecule has 0 unspecified atom stereocenters. The van der Waals surface area contributed by atoms with Gasteiger partial charge in [0, 0.05) is 0 Å². The van der Waals surface area contributed by atoms with Crippen molar-refractivity contribution < 1.29 is 26.2 Å². The van der Waals surface area contributed by atoms with Crippen molar-refractivity contribution >= 4 is 57.5 Å². The standard InChI is InChI=1S/C5H4F2I2O4/c6-5(7,8)12-3(10)1-2-4(11)13-9/h1-2H2. The minimum absolute atomic E-state index is 0.269. The summed E-state index contributed by atoms with van der Waals surface area (Å²) in [6.07, 6.45) is -0.686. The maximum atomic E-state index is 12.0. The van der Waals surface area contributed by atoms with Gasteiger partial charge >= 0.3 is 16.1 Å². The van der Waals surface area contributed by atoms with Gasteiger partial charge in [0.05, 0.1) is 35.4 Å². The van der Waals surface area contributed by atoms with E-state index < -0.39 is 22.5 Å². The van der Waals surface area contributed by atoms with E-state index in [1.807, 2.05) is 0 Å². The Bertz CT molecular complexity index is 203. The van der Waals surface area contributed by atoms with Gasteiger partial charge in [0.1, 0.15) is 0 Å². The highest BCUT2D eigenvalue weighted by molar-refractivity contribution is 14.1. The quantitative estimate of drug-likeness (QED) is 0.398. The highest BCUT2D eigenvalue weighted by Crippen LogP contribution is 2.24. The van der Waals surface area contributed by atoms with Crippen LogP contribution in [0.5, 0.6) is 0 Å². The fourth-order valence-corrected chi connectivity index (χ4v) is 0.889. The minimum atomic E-state index is -3.52. The number of carbonyl (C=O) groups excluding carboxylic acids is 2. The summed E-state index contributed by atoms with van der Waals surface area (Å²) in [5.41, 5.74) is 0. The number of esters is 1. The lowest BCUT2D eigenvalue weighted by Gasteiger charge is -2.08. The molecule has 0 N–H and O–H groups in total. The molecule has 0 atom stereocenters. The third kappa shape index (κ3) is 8.59. The molecule has 0 aromatic rings. The maximum absolute atomic E-state index is 12.0. The Labute approximate surface area is 100 Å². The Kier molecular flexibility index (Phi) is 6.00. The normalized spacial score (nSPS) is 10.8. The summed E-state index contributed by atoms with van der Waals surface area (Å²) in [5, 5.41) is 0. The Hall–Kier alpha value is 0.260. The van der Waals surface area contributed by atoms with E-state index in [9.17, 15) is 18.4 Å². The molecular formula is C5H4F2I2O4. The van der Waals surface area contributed by atoms with Crippen LogP contribution in [0.1, 0.15) is 12.8 Å². The van der Waals surface area contributed by atoms with Gasteiger partial charge in [0.2, 0.25) is 0 Å². The first-order valence-corrected chi connectivity index (χ1v) is 4.91. The number of halogens is 4. The van der Waals surface area contributed by atoms with Crippen molar-refractivity contribution in [2.24, 2.45) is 0 Å². The van der Waals surface area contributed by atoms with Crippen molar-refractivity contribution in [2.75, 3.05) is 0 Å². The molecule has 0 aromatic carbocycles. The van der Waals surface area contributed by atoms with Crippen LogP contribution in [0.3, 0.4) is 0 Å². The molecule has 0 fully saturated rings. The van der Waals surface area contributed by atoms with E-state index in [0.29, 0.717) is 22.6 Å². The van der Waals surface area contributed by atoms with E-state index in [1.54, 1.807) is 0 Å². The Morgan fingerprint density at radius 3 is 2.08 bits per heavy atom. The molecule has 0 spiro atoms. The SMILES string of the molecule is O=C(CCC(=O)OC(F)(F)I)OI. The van der Waals surface area contributed by atoms with Crippen LogP contribution in [0.2, 0.25) is 0 Å². The molecule has 0 radical (unpaired) electrons. The third-order valence-electron chi connectivity index (χ3n) is 0.849. The molecule has 4 nitrogen and oxygen atoms in total. The fraction of sp³-hybridized carbons (Fsp3) is 0.600. The monoisotopic (exact) mass is 420 g/mol. The molecule has 76 valence electrons. The van der Waals surface area contributed by atoms with Crippen LogP contribution in [-0.2, 0) is 17.4 Å². The van der Waals surface area contributed by atoms with Crippen LogP contribution in [-0.4, -0.2) is 16.1 Å². The lowest BCUT2D eigenvalue weighted by Crippen LogP contribution is -2.18. The lowest BCUT2D eigenvalue weighted by atomic mass is 10.3. The zero-order valence-corrected chi connectivity index (χ0v) is 10.4. The molecule has 0 aliphatic carbocycles. The molecule has 8 heteroatoms. The maximum Gasteiger partial charge on any atom is 0.453 e. The van der Waals surface area contributed by atoms with E-state index in [-0.39, 0.29) is 6.42 Å². The average Bonchev–Trinajstić information content (AvgIpc) is 1.97. The summed E-state index contributed by atoms with van der Waals surface area (Å²) in [5.74, 6) is -1.80. The summed E-state index contributed by atoms with van der Waals surface area (Å²) < 4.78 is 28.3. The molecule has 0 saturated heterocycles. The van der Waals surface area contributed by atoms with Crippen molar-refractivity contribution in [1.29, 1.82) is 0 Å². The van der Waals surface area contributed by atoms with Crippen molar-refractivity contribution in [1.82, 2.24) is 0 Å². The molecular weight excluding hydrogens is 416 g/mol. The van der Waals surface area contributed by atoms with E-state index >= 15 is 0 Å². The van der Waals surface area contributed by atoms with Gasteiger partial charge in [-0.15, -0.1) is 0 Å². The van der Waals surface area contributed by atoms with Crippen LogP contribution in [0.15, 0.2) is 0 Å². The fourth-order valence-electron chi connectivity index (χ4n) is 0.423. The first-order chi connectivity index (χ1) is 5.85. The molecule has 0 saturated carbocycles. The molecule has 0 rings (SSSR count). The number of ether oxygens (including phenoxy) is 1. The highest BCUT2D eigenvalue weighted by Gasteiger charge is 2.29. The predicted molar refractivity (Wildman–Crippen MR) is 54.4 cm³/mol. The Morgan fingerprint density at radius 2 is 1.69 bits per heavy atom. The minimum Gasteiger partial charge on any atom is -0.394 e. The van der Waals surface area contributed by atoms with Gasteiger partial charge in [-0.2, -0.15) is 8.78 Å². The molecule has 0 heterocycles. The summed E-state index contributed by atoms with van der Waals surface area (Å²) in [6, 6.07) is 0. The van der Waals surface area contributed by atoms with E-state index in [4.69, 9.17) is 0 Å². The van der Waals surface area contributed by atoms with Crippen LogP contribution in [0.25, 0.3) is 0 Å². The average molecular weight is 420 g/mol. The second-order valence-electron chi connectivity index (χ2n) is 1.87. The van der Waals surface area contributed by atoms with Crippen molar-refractivity contribution in [3.8, 4) is 0 Å². The Balaban J connectivity index is 3.71. The smallest absolute Gasteiger partial charge is 0.394 e. The second kappa shape index (κ2) is 5.88. The topological polar surface area (TPSA) is 52.6 Å². The van der Waals surface area contributed by atoms with Gasteiger partial charge in [-0.25, -0.2) is 0 Å². The summed E-state index contributed by atoms with van der Waals surface area (Å²) in [7, 11) is 0. The highest BCUT2D eigenvalue weighted by atomic mass is 127. The molecule has 13 heavy (non-hydrogen) atoms. The van der Waals surface area contributed by atoms with E-state index in [1.165, 1.54) is 23.0 Å². The number of rotatable bonds is 4. The molecule has 0 bridgehead atoms. The molecule has 0 aliphatic heterocycles. The van der Waals surface area contributed by atoms with Crippen molar-refractivity contribution in [3.63, 3.8) is 0 Å². The van der Waals surface area contributed by atoms with Crippen LogP contribution in [0.4, 0.5) is 8.78 Å². The first-order valence-electron chi connectivity index (χ1n) is 2.95. The summed E-state index contributed by atoms with van der Waals surface area (Å²) in [4.78, 5) is 21.0. The molecule has 0 amide bonds. The predicted octanol–water partition coefficient (Wildman–Crippen LogP) is 2.19. The van der Waals surface area contributed by atoms with Crippen molar-refractivity contribution in [3.05, 3.63) is 0 Å². The third-order valence-corrected chi connectivity index (χ3v) is 1.56. The zero-order chi connectivity index (χ0) is 10.5. The van der Waals surface area contributed by atoms with Gasteiger partial charge in [0.25, 0.3) is 0 Å². The summed E-state index contributed by atoms with van der Waals surface area (Å²) >= 11 is 2.00. The van der Waals surface area contributed by atoms with Gasteiger partial charge < -0.3 is 7.80 Å². The largest absolute Gasteiger partial charge is 0.453 e. The first kappa shape index (κ1) is 13.3. The van der Waals surface area contributed by atoms with E-state index in [2.05, 4.69) is 7.80 Å². The molecule has 0 aliphatic rings. The van der Waals surface area contributed by atoms with Gasteiger partial charge in [-0.1, -0.05) is 0 Å². The van der Waals surface area contributed by atoms with Crippen LogP contribution >= 0.6 is 45.6 Å².